The highest BCUT2D eigenvalue weighted by Crippen LogP contribution is 2.22. The van der Waals surface area contributed by atoms with Gasteiger partial charge in [0.1, 0.15) is 0 Å². The van der Waals surface area contributed by atoms with E-state index in [1.54, 1.807) is 36.4 Å². The van der Waals surface area contributed by atoms with Crippen LogP contribution in [-0.4, -0.2) is 31.7 Å². The molecule has 1 aliphatic heterocycles. The van der Waals surface area contributed by atoms with Crippen molar-refractivity contribution in [3.05, 3.63) is 71.3 Å². The molecular formula is C20H22N2O3S. The summed E-state index contributed by atoms with van der Waals surface area (Å²) in [5, 5.41) is 2.90. The molecule has 0 fully saturated rings. The van der Waals surface area contributed by atoms with E-state index in [1.807, 2.05) is 32.0 Å². The molecule has 3 rings (SSSR count). The van der Waals surface area contributed by atoms with Gasteiger partial charge in [0.25, 0.3) is 5.91 Å². The van der Waals surface area contributed by atoms with E-state index in [0.29, 0.717) is 18.5 Å². The Morgan fingerprint density at radius 1 is 1.04 bits per heavy atom. The summed E-state index contributed by atoms with van der Waals surface area (Å²) in [7, 11) is -3.52. The van der Waals surface area contributed by atoms with Crippen LogP contribution in [0.3, 0.4) is 0 Å². The lowest BCUT2D eigenvalue weighted by atomic mass is 10.1. The average molecular weight is 370 g/mol. The molecule has 136 valence electrons. The lowest BCUT2D eigenvalue weighted by molar-refractivity contribution is -0.113. The van der Waals surface area contributed by atoms with Gasteiger partial charge in [0.05, 0.1) is 4.90 Å². The number of nitrogens with zero attached hydrogens (tertiary/aromatic N) is 1. The molecule has 0 spiro atoms. The van der Waals surface area contributed by atoms with Gasteiger partial charge >= 0.3 is 0 Å². The topological polar surface area (TPSA) is 66.5 Å². The quantitative estimate of drug-likeness (QED) is 0.898. The van der Waals surface area contributed by atoms with Crippen molar-refractivity contribution in [3.8, 4) is 0 Å². The number of carbonyl (C=O) groups is 1. The minimum atomic E-state index is -3.52. The molecule has 0 bridgehead atoms. The third kappa shape index (κ3) is 4.03. The molecule has 5 nitrogen and oxygen atoms in total. The molecule has 1 amide bonds. The van der Waals surface area contributed by atoms with Crippen molar-refractivity contribution in [2.45, 2.75) is 25.2 Å². The largest absolute Gasteiger partial charge is 0.322 e. The van der Waals surface area contributed by atoms with Crippen LogP contribution in [0.1, 0.15) is 17.5 Å². The van der Waals surface area contributed by atoms with Crippen LogP contribution in [0.5, 0.6) is 0 Å². The highest BCUT2D eigenvalue weighted by atomic mass is 32.2. The molecule has 1 N–H and O–H groups in total. The zero-order valence-electron chi connectivity index (χ0n) is 14.9. The van der Waals surface area contributed by atoms with Crippen LogP contribution >= 0.6 is 0 Å². The first-order valence-electron chi connectivity index (χ1n) is 8.50. The van der Waals surface area contributed by atoms with E-state index in [4.69, 9.17) is 0 Å². The maximum atomic E-state index is 12.6. The second kappa shape index (κ2) is 7.43. The zero-order valence-corrected chi connectivity index (χ0v) is 15.7. The predicted molar refractivity (Wildman–Crippen MR) is 102 cm³/mol. The Hall–Kier alpha value is -2.44. The number of anilines is 1. The van der Waals surface area contributed by atoms with Gasteiger partial charge in [-0.05, 0) is 55.7 Å². The lowest BCUT2D eigenvalue weighted by Crippen LogP contribution is -2.36. The molecule has 26 heavy (non-hydrogen) atoms. The summed E-state index contributed by atoms with van der Waals surface area (Å²) in [6.07, 6.45) is 2.09. The molecule has 0 saturated heterocycles. The van der Waals surface area contributed by atoms with Gasteiger partial charge in [-0.15, -0.1) is 0 Å². The van der Waals surface area contributed by atoms with Crippen LogP contribution in [0, 0.1) is 13.8 Å². The maximum absolute atomic E-state index is 12.6. The summed E-state index contributed by atoms with van der Waals surface area (Å²) in [6.45, 7) is 4.46. The van der Waals surface area contributed by atoms with Crippen molar-refractivity contribution >= 4 is 21.6 Å². The second-order valence-electron chi connectivity index (χ2n) is 6.49. The smallest absolute Gasteiger partial charge is 0.251 e. The van der Waals surface area contributed by atoms with E-state index < -0.39 is 10.0 Å². The Balaban J connectivity index is 1.70. The van der Waals surface area contributed by atoms with Crippen LogP contribution in [0.4, 0.5) is 5.69 Å². The van der Waals surface area contributed by atoms with Gasteiger partial charge in [-0.1, -0.05) is 30.3 Å². The number of sulfonamides is 1. The molecule has 1 aliphatic rings. The normalized spacial score (nSPS) is 15.4. The molecule has 2 aromatic rings. The second-order valence-corrected chi connectivity index (χ2v) is 8.42. The molecule has 0 radical (unpaired) electrons. The van der Waals surface area contributed by atoms with Crippen LogP contribution in [0.15, 0.2) is 65.1 Å². The Morgan fingerprint density at radius 2 is 1.69 bits per heavy atom. The SMILES string of the molecule is Cc1cc(C)cc(NC(=O)C2=CCN(S(=O)(=O)c3ccccc3)CC2)c1. The molecule has 6 heteroatoms. The molecule has 0 aromatic heterocycles. The number of hydrogen-bond acceptors (Lipinski definition) is 3. The summed E-state index contributed by atoms with van der Waals surface area (Å²) >= 11 is 0. The maximum Gasteiger partial charge on any atom is 0.251 e. The Labute approximate surface area is 154 Å². The van der Waals surface area contributed by atoms with E-state index in [0.717, 1.165) is 16.8 Å². The highest BCUT2D eigenvalue weighted by Gasteiger charge is 2.27. The fraction of sp³-hybridized carbons (Fsp3) is 0.250. The van der Waals surface area contributed by atoms with Gasteiger partial charge in [0.2, 0.25) is 10.0 Å². The third-order valence-electron chi connectivity index (χ3n) is 4.32. The minimum absolute atomic E-state index is 0.174. The van der Waals surface area contributed by atoms with Gasteiger partial charge in [0.15, 0.2) is 0 Å². The van der Waals surface area contributed by atoms with E-state index in [-0.39, 0.29) is 17.3 Å². The van der Waals surface area contributed by atoms with Crippen LogP contribution in [0.25, 0.3) is 0 Å². The van der Waals surface area contributed by atoms with Crippen molar-refractivity contribution in [1.82, 2.24) is 4.31 Å². The average Bonchev–Trinajstić information content (AvgIpc) is 2.61. The molecule has 0 unspecified atom stereocenters. The van der Waals surface area contributed by atoms with Crippen molar-refractivity contribution in [2.75, 3.05) is 18.4 Å². The van der Waals surface area contributed by atoms with Crippen LogP contribution in [0.2, 0.25) is 0 Å². The monoisotopic (exact) mass is 370 g/mol. The number of carbonyl (C=O) groups excluding carboxylic acids is 1. The van der Waals surface area contributed by atoms with Crippen molar-refractivity contribution in [1.29, 1.82) is 0 Å². The van der Waals surface area contributed by atoms with Gasteiger partial charge in [-0.3, -0.25) is 4.79 Å². The Bertz CT molecular complexity index is 930. The lowest BCUT2D eigenvalue weighted by Gasteiger charge is -2.25. The van der Waals surface area contributed by atoms with Crippen molar-refractivity contribution in [3.63, 3.8) is 0 Å². The van der Waals surface area contributed by atoms with Gasteiger partial charge in [-0.25, -0.2) is 8.42 Å². The fourth-order valence-corrected chi connectivity index (χ4v) is 4.48. The number of benzene rings is 2. The Kier molecular flexibility index (Phi) is 5.25. The summed E-state index contributed by atoms with van der Waals surface area (Å²) in [4.78, 5) is 12.7. The molecule has 2 aromatic carbocycles. The van der Waals surface area contributed by atoms with Crippen molar-refractivity contribution < 1.29 is 13.2 Å². The van der Waals surface area contributed by atoms with E-state index >= 15 is 0 Å². The van der Waals surface area contributed by atoms with E-state index in [2.05, 4.69) is 5.32 Å². The number of nitrogens with one attached hydrogen (secondary N) is 1. The number of aryl methyl sites for hydroxylation is 2. The summed E-state index contributed by atoms with van der Waals surface area (Å²) in [5.74, 6) is -0.174. The third-order valence-corrected chi connectivity index (χ3v) is 6.20. The van der Waals surface area contributed by atoms with Gasteiger partial charge in [0, 0.05) is 24.4 Å². The molecule has 0 atom stereocenters. The standard InChI is InChI=1S/C20H22N2O3S/c1-15-12-16(2)14-18(13-15)21-20(23)17-8-10-22(11-9-17)26(24,25)19-6-4-3-5-7-19/h3-8,12-14H,9-11H2,1-2H3,(H,21,23). The number of hydrogen-bond donors (Lipinski definition) is 1. The first-order valence-corrected chi connectivity index (χ1v) is 9.94. The Morgan fingerprint density at radius 3 is 2.27 bits per heavy atom. The molecule has 1 heterocycles. The fourth-order valence-electron chi connectivity index (χ4n) is 3.07. The first-order chi connectivity index (χ1) is 12.4. The zero-order chi connectivity index (χ0) is 18.7. The first kappa shape index (κ1) is 18.4. The van der Waals surface area contributed by atoms with Crippen LogP contribution < -0.4 is 5.32 Å². The van der Waals surface area contributed by atoms with E-state index in [9.17, 15) is 13.2 Å². The highest BCUT2D eigenvalue weighted by molar-refractivity contribution is 7.89. The summed E-state index contributed by atoms with van der Waals surface area (Å²) < 4.78 is 26.7. The van der Waals surface area contributed by atoms with Crippen molar-refractivity contribution in [2.24, 2.45) is 0 Å². The van der Waals surface area contributed by atoms with Gasteiger partial charge in [-0.2, -0.15) is 4.31 Å². The summed E-state index contributed by atoms with van der Waals surface area (Å²) in [5.41, 5.74) is 3.53. The van der Waals surface area contributed by atoms with Crippen LogP contribution in [-0.2, 0) is 14.8 Å². The molecular weight excluding hydrogens is 348 g/mol. The predicted octanol–water partition coefficient (Wildman–Crippen LogP) is 3.26. The van der Waals surface area contributed by atoms with E-state index in [1.165, 1.54) is 4.31 Å². The molecule has 0 aliphatic carbocycles. The minimum Gasteiger partial charge on any atom is -0.322 e. The molecule has 0 saturated carbocycles. The summed E-state index contributed by atoms with van der Waals surface area (Å²) in [6, 6.07) is 14.2. The number of amides is 1. The number of rotatable bonds is 4. The van der Waals surface area contributed by atoms with Gasteiger partial charge < -0.3 is 5.32 Å².